The molecule has 1 saturated heterocycles. The Bertz CT molecular complexity index is 391. The van der Waals surface area contributed by atoms with Gasteiger partial charge in [-0.05, 0) is 24.8 Å². The molecule has 0 radical (unpaired) electrons. The average Bonchev–Trinajstić information content (AvgIpc) is 2.48. The number of hydrogen-bond donors (Lipinski definition) is 1. The minimum absolute atomic E-state index is 0.0481. The van der Waals surface area contributed by atoms with E-state index in [0.29, 0.717) is 0 Å². The number of amides is 1. The molecule has 0 bridgehead atoms. The van der Waals surface area contributed by atoms with E-state index in [9.17, 15) is 4.79 Å². The van der Waals surface area contributed by atoms with Crippen molar-refractivity contribution in [2.24, 2.45) is 5.92 Å². The zero-order valence-electron chi connectivity index (χ0n) is 11.6. The molecule has 1 fully saturated rings. The zero-order valence-corrected chi connectivity index (χ0v) is 11.6. The number of rotatable bonds is 5. The van der Waals surface area contributed by atoms with E-state index in [1.54, 1.807) is 0 Å². The van der Waals surface area contributed by atoms with E-state index in [1.165, 1.54) is 0 Å². The fourth-order valence-corrected chi connectivity index (χ4v) is 2.54. The zero-order chi connectivity index (χ0) is 13.5. The van der Waals surface area contributed by atoms with E-state index in [1.807, 2.05) is 30.3 Å². The van der Waals surface area contributed by atoms with Crippen LogP contribution in [0.1, 0.15) is 44.3 Å². The molecule has 2 unspecified atom stereocenters. The minimum Gasteiger partial charge on any atom is -0.373 e. The van der Waals surface area contributed by atoms with Crippen molar-refractivity contribution in [1.82, 2.24) is 5.32 Å². The molecule has 3 heteroatoms. The summed E-state index contributed by atoms with van der Waals surface area (Å²) in [6.45, 7) is 3.65. The van der Waals surface area contributed by atoms with Crippen LogP contribution >= 0.6 is 0 Å². The summed E-state index contributed by atoms with van der Waals surface area (Å²) in [6.07, 6.45) is 3.93. The molecule has 1 aliphatic rings. The average molecular weight is 261 g/mol. The predicted molar refractivity (Wildman–Crippen MR) is 75.8 cm³/mol. The first-order valence-electron chi connectivity index (χ1n) is 7.27. The normalized spacial score (nSPS) is 23.0. The molecule has 1 aromatic carbocycles. The van der Waals surface area contributed by atoms with Crippen molar-refractivity contribution in [3.8, 4) is 0 Å². The summed E-state index contributed by atoms with van der Waals surface area (Å²) in [5.41, 5.74) is 1.11. The van der Waals surface area contributed by atoms with Gasteiger partial charge in [-0.1, -0.05) is 43.7 Å². The topological polar surface area (TPSA) is 38.3 Å². The molecular weight excluding hydrogens is 238 g/mol. The van der Waals surface area contributed by atoms with Gasteiger partial charge in [0.05, 0.1) is 12.0 Å². The van der Waals surface area contributed by atoms with Crippen molar-refractivity contribution in [1.29, 1.82) is 0 Å². The number of ether oxygens (including phenoxy) is 1. The van der Waals surface area contributed by atoms with Crippen LogP contribution in [-0.4, -0.2) is 19.1 Å². The maximum atomic E-state index is 12.3. The predicted octanol–water partition coefficient (Wildman–Crippen LogP) is 3.07. The number of benzene rings is 1. The third-order valence-corrected chi connectivity index (χ3v) is 3.62. The molecule has 0 spiro atoms. The summed E-state index contributed by atoms with van der Waals surface area (Å²) >= 11 is 0. The third-order valence-electron chi connectivity index (χ3n) is 3.62. The fraction of sp³-hybridized carbons (Fsp3) is 0.562. The molecule has 1 amide bonds. The Kier molecular flexibility index (Phi) is 5.40. The molecule has 104 valence electrons. The van der Waals surface area contributed by atoms with Crippen LogP contribution in [0, 0.1) is 5.92 Å². The SMILES string of the molecule is CCCCNC(=O)C1CCCOC1c1ccccc1. The van der Waals surface area contributed by atoms with Crippen molar-refractivity contribution in [3.05, 3.63) is 35.9 Å². The van der Waals surface area contributed by atoms with Gasteiger partial charge in [-0.3, -0.25) is 4.79 Å². The van der Waals surface area contributed by atoms with Gasteiger partial charge >= 0.3 is 0 Å². The highest BCUT2D eigenvalue weighted by molar-refractivity contribution is 5.79. The van der Waals surface area contributed by atoms with Gasteiger partial charge in [0.25, 0.3) is 0 Å². The molecule has 1 aliphatic heterocycles. The molecule has 0 aliphatic carbocycles. The molecule has 1 aromatic rings. The summed E-state index contributed by atoms with van der Waals surface area (Å²) in [5, 5.41) is 3.03. The number of hydrogen-bond acceptors (Lipinski definition) is 2. The first-order chi connectivity index (χ1) is 9.33. The highest BCUT2D eigenvalue weighted by Gasteiger charge is 2.32. The van der Waals surface area contributed by atoms with Crippen LogP contribution in [-0.2, 0) is 9.53 Å². The van der Waals surface area contributed by atoms with Gasteiger partial charge in [-0.2, -0.15) is 0 Å². The summed E-state index contributed by atoms with van der Waals surface area (Å²) in [5.74, 6) is 0.0926. The van der Waals surface area contributed by atoms with Crippen LogP contribution in [0.2, 0.25) is 0 Å². The summed E-state index contributed by atoms with van der Waals surface area (Å²) in [7, 11) is 0. The Hall–Kier alpha value is -1.35. The Balaban J connectivity index is 2.01. The second-order valence-corrected chi connectivity index (χ2v) is 5.10. The molecule has 1 heterocycles. The lowest BCUT2D eigenvalue weighted by Crippen LogP contribution is -2.37. The maximum absolute atomic E-state index is 12.3. The summed E-state index contributed by atoms with van der Waals surface area (Å²) in [6, 6.07) is 10.1. The van der Waals surface area contributed by atoms with Gasteiger partial charge in [-0.25, -0.2) is 0 Å². The van der Waals surface area contributed by atoms with Crippen LogP contribution in [0.15, 0.2) is 30.3 Å². The molecule has 0 aromatic heterocycles. The Morgan fingerprint density at radius 1 is 1.37 bits per heavy atom. The summed E-state index contributed by atoms with van der Waals surface area (Å²) in [4.78, 5) is 12.3. The van der Waals surface area contributed by atoms with Crippen LogP contribution in [0.25, 0.3) is 0 Å². The lowest BCUT2D eigenvalue weighted by molar-refractivity contribution is -0.134. The van der Waals surface area contributed by atoms with Gasteiger partial charge in [-0.15, -0.1) is 0 Å². The van der Waals surface area contributed by atoms with E-state index >= 15 is 0 Å². The molecule has 3 nitrogen and oxygen atoms in total. The highest BCUT2D eigenvalue weighted by atomic mass is 16.5. The first-order valence-corrected chi connectivity index (χ1v) is 7.27. The Labute approximate surface area is 115 Å². The van der Waals surface area contributed by atoms with Crippen LogP contribution in [0.3, 0.4) is 0 Å². The van der Waals surface area contributed by atoms with Gasteiger partial charge in [0.1, 0.15) is 0 Å². The van der Waals surface area contributed by atoms with Gasteiger partial charge in [0.15, 0.2) is 0 Å². The smallest absolute Gasteiger partial charge is 0.226 e. The molecular formula is C16H23NO2. The van der Waals surface area contributed by atoms with E-state index in [2.05, 4.69) is 12.2 Å². The van der Waals surface area contributed by atoms with Gasteiger partial charge in [0, 0.05) is 13.2 Å². The van der Waals surface area contributed by atoms with Crippen LogP contribution in [0.5, 0.6) is 0 Å². The third kappa shape index (κ3) is 3.80. The van der Waals surface area contributed by atoms with Crippen molar-refractivity contribution in [2.45, 2.75) is 38.7 Å². The van der Waals surface area contributed by atoms with Crippen LogP contribution < -0.4 is 5.32 Å². The van der Waals surface area contributed by atoms with E-state index in [0.717, 1.165) is 44.4 Å². The van der Waals surface area contributed by atoms with Crippen molar-refractivity contribution in [3.63, 3.8) is 0 Å². The lowest BCUT2D eigenvalue weighted by atomic mass is 9.89. The summed E-state index contributed by atoms with van der Waals surface area (Å²) < 4.78 is 5.84. The van der Waals surface area contributed by atoms with Crippen molar-refractivity contribution < 1.29 is 9.53 Å². The second kappa shape index (κ2) is 7.29. The van der Waals surface area contributed by atoms with Crippen molar-refractivity contribution in [2.75, 3.05) is 13.2 Å². The first kappa shape index (κ1) is 14.1. The van der Waals surface area contributed by atoms with Gasteiger partial charge in [0.2, 0.25) is 5.91 Å². The quantitative estimate of drug-likeness (QED) is 0.827. The minimum atomic E-state index is -0.0865. The monoisotopic (exact) mass is 261 g/mol. The number of unbranched alkanes of at least 4 members (excludes halogenated alkanes) is 1. The van der Waals surface area contributed by atoms with Crippen molar-refractivity contribution >= 4 is 5.91 Å². The standard InChI is InChI=1S/C16H23NO2/c1-2-3-11-17-16(18)14-10-7-12-19-15(14)13-8-5-4-6-9-13/h4-6,8-9,14-15H,2-3,7,10-12H2,1H3,(H,17,18). The lowest BCUT2D eigenvalue weighted by Gasteiger charge is -2.31. The van der Waals surface area contributed by atoms with Crippen LogP contribution in [0.4, 0.5) is 0 Å². The molecule has 0 saturated carbocycles. The van der Waals surface area contributed by atoms with E-state index in [-0.39, 0.29) is 17.9 Å². The fourth-order valence-electron chi connectivity index (χ4n) is 2.54. The van der Waals surface area contributed by atoms with Gasteiger partial charge < -0.3 is 10.1 Å². The van der Waals surface area contributed by atoms with E-state index < -0.39 is 0 Å². The second-order valence-electron chi connectivity index (χ2n) is 5.10. The van der Waals surface area contributed by atoms with E-state index in [4.69, 9.17) is 4.74 Å². The number of carbonyl (C=O) groups is 1. The number of nitrogens with one attached hydrogen (secondary N) is 1. The Morgan fingerprint density at radius 2 is 2.16 bits per heavy atom. The largest absolute Gasteiger partial charge is 0.373 e. The molecule has 1 N–H and O–H groups in total. The molecule has 2 atom stereocenters. The molecule has 19 heavy (non-hydrogen) atoms. The maximum Gasteiger partial charge on any atom is 0.226 e. The number of carbonyl (C=O) groups excluding carboxylic acids is 1. The molecule has 2 rings (SSSR count). The Morgan fingerprint density at radius 3 is 2.89 bits per heavy atom. The highest BCUT2D eigenvalue weighted by Crippen LogP contribution is 2.33.